The molecule has 0 radical (unpaired) electrons. The van der Waals surface area contributed by atoms with Gasteiger partial charge in [-0.1, -0.05) is 88.1 Å². The first-order valence-electron chi connectivity index (χ1n) is 9.26. The second kappa shape index (κ2) is 9.97. The fourth-order valence-electron chi connectivity index (χ4n) is 3.26. The Labute approximate surface area is 147 Å². The molecule has 2 aromatic rings. The summed E-state index contributed by atoms with van der Waals surface area (Å²) in [5.74, 6) is 0.431. The van der Waals surface area contributed by atoms with E-state index in [-0.39, 0.29) is 0 Å². The van der Waals surface area contributed by atoms with E-state index in [9.17, 15) is 5.11 Å². The van der Waals surface area contributed by atoms with Gasteiger partial charge in [0.25, 0.3) is 0 Å². The summed E-state index contributed by atoms with van der Waals surface area (Å²) in [7, 11) is 0. The highest BCUT2D eigenvalue weighted by Crippen LogP contribution is 2.29. The Bertz CT molecular complexity index is 628. The maximum Gasteiger partial charge on any atom is 0.119 e. The van der Waals surface area contributed by atoms with Crippen LogP contribution in [0, 0.1) is 0 Å². The molecule has 0 aliphatic carbocycles. The van der Waals surface area contributed by atoms with Crippen molar-refractivity contribution < 1.29 is 5.11 Å². The number of aromatic hydroxyl groups is 1. The topological polar surface area (TPSA) is 20.2 Å². The van der Waals surface area contributed by atoms with Crippen molar-refractivity contribution in [1.82, 2.24) is 0 Å². The van der Waals surface area contributed by atoms with E-state index in [1.54, 1.807) is 0 Å². The van der Waals surface area contributed by atoms with Crippen molar-refractivity contribution in [1.29, 1.82) is 0 Å². The fraction of sp³-hybridized carbons (Fsp3) is 0.391. The highest BCUT2D eigenvalue weighted by Gasteiger charge is 2.12. The maximum atomic E-state index is 10.4. The van der Waals surface area contributed by atoms with Crippen LogP contribution in [0.2, 0.25) is 0 Å². The van der Waals surface area contributed by atoms with Crippen LogP contribution in [-0.4, -0.2) is 5.11 Å². The van der Waals surface area contributed by atoms with Gasteiger partial charge in [0.2, 0.25) is 0 Å². The summed E-state index contributed by atoms with van der Waals surface area (Å²) >= 11 is 0. The molecule has 2 aromatic carbocycles. The third kappa shape index (κ3) is 5.26. The molecule has 128 valence electrons. The molecule has 0 atom stereocenters. The average molecular weight is 322 g/mol. The molecule has 0 aliphatic heterocycles. The van der Waals surface area contributed by atoms with Crippen molar-refractivity contribution in [3.8, 4) is 5.75 Å². The molecule has 0 saturated carbocycles. The average Bonchev–Trinajstić information content (AvgIpc) is 2.61. The second-order valence-corrected chi connectivity index (χ2v) is 6.52. The van der Waals surface area contributed by atoms with Crippen molar-refractivity contribution in [3.05, 3.63) is 71.3 Å². The van der Waals surface area contributed by atoms with Gasteiger partial charge in [0.15, 0.2) is 0 Å². The third-order valence-electron chi connectivity index (χ3n) is 4.67. The van der Waals surface area contributed by atoms with Gasteiger partial charge in [0, 0.05) is 0 Å². The summed E-state index contributed by atoms with van der Waals surface area (Å²) in [6.45, 7) is 6.20. The number of phenolic OH excluding ortho intramolecular Hbond substituents is 1. The highest BCUT2D eigenvalue weighted by molar-refractivity contribution is 5.59. The van der Waals surface area contributed by atoms with E-state index in [4.69, 9.17) is 0 Å². The normalized spacial score (nSPS) is 10.7. The molecule has 0 amide bonds. The largest absolute Gasteiger partial charge is 0.508 e. The van der Waals surface area contributed by atoms with Crippen molar-refractivity contribution in [2.45, 2.75) is 58.3 Å². The molecule has 0 fully saturated rings. The highest BCUT2D eigenvalue weighted by atomic mass is 16.3. The van der Waals surface area contributed by atoms with Gasteiger partial charge >= 0.3 is 0 Å². The second-order valence-electron chi connectivity index (χ2n) is 6.52. The van der Waals surface area contributed by atoms with E-state index >= 15 is 0 Å². The molecule has 0 bridgehead atoms. The third-order valence-corrected chi connectivity index (χ3v) is 4.67. The van der Waals surface area contributed by atoms with Crippen LogP contribution in [0.5, 0.6) is 5.75 Å². The summed E-state index contributed by atoms with van der Waals surface area (Å²) in [5, 5.41) is 10.4. The fourth-order valence-corrected chi connectivity index (χ4v) is 3.26. The van der Waals surface area contributed by atoms with Crippen LogP contribution >= 0.6 is 0 Å². The lowest BCUT2D eigenvalue weighted by Gasteiger charge is -2.15. The Kier molecular flexibility index (Phi) is 7.61. The van der Waals surface area contributed by atoms with Gasteiger partial charge in [-0.25, -0.2) is 0 Å². The minimum Gasteiger partial charge on any atom is -0.508 e. The summed E-state index contributed by atoms with van der Waals surface area (Å²) in [4.78, 5) is 0. The lowest BCUT2D eigenvalue weighted by atomic mass is 9.91. The molecular formula is C23H30O. The summed E-state index contributed by atoms with van der Waals surface area (Å²) in [6.07, 6.45) is 11.3. The Morgan fingerprint density at radius 1 is 0.875 bits per heavy atom. The molecule has 0 saturated heterocycles. The minimum absolute atomic E-state index is 0.431. The maximum absolute atomic E-state index is 10.4. The number of hydrogen-bond acceptors (Lipinski definition) is 1. The monoisotopic (exact) mass is 322 g/mol. The number of hydrogen-bond donors (Lipinski definition) is 1. The van der Waals surface area contributed by atoms with E-state index in [2.05, 4.69) is 37.8 Å². The smallest absolute Gasteiger partial charge is 0.119 e. The molecule has 0 aromatic heterocycles. The Balaban J connectivity index is 2.11. The van der Waals surface area contributed by atoms with Gasteiger partial charge in [0.1, 0.15) is 5.75 Å². The molecule has 1 N–H and O–H groups in total. The van der Waals surface area contributed by atoms with Crippen molar-refractivity contribution in [3.63, 3.8) is 0 Å². The van der Waals surface area contributed by atoms with Gasteiger partial charge in [-0.05, 0) is 47.6 Å². The van der Waals surface area contributed by atoms with Gasteiger partial charge < -0.3 is 5.11 Å². The molecule has 1 heteroatoms. The van der Waals surface area contributed by atoms with Crippen LogP contribution in [0.25, 0.3) is 6.08 Å². The van der Waals surface area contributed by atoms with Gasteiger partial charge in [-0.2, -0.15) is 0 Å². The first kappa shape index (κ1) is 18.3. The first-order chi connectivity index (χ1) is 11.8. The van der Waals surface area contributed by atoms with Gasteiger partial charge in [-0.15, -0.1) is 0 Å². The van der Waals surface area contributed by atoms with Gasteiger partial charge in [0.05, 0.1) is 0 Å². The molecule has 0 heterocycles. The SMILES string of the molecule is C=Cc1ccc(O)c(CCCCCCCC)c1Cc1ccccc1. The predicted molar refractivity (Wildman–Crippen MR) is 105 cm³/mol. The summed E-state index contributed by atoms with van der Waals surface area (Å²) < 4.78 is 0. The molecule has 0 aliphatic rings. The summed E-state index contributed by atoms with van der Waals surface area (Å²) in [6, 6.07) is 14.3. The molecule has 24 heavy (non-hydrogen) atoms. The number of rotatable bonds is 10. The van der Waals surface area contributed by atoms with Crippen LogP contribution < -0.4 is 0 Å². The van der Waals surface area contributed by atoms with E-state index in [0.717, 1.165) is 30.4 Å². The van der Waals surface area contributed by atoms with E-state index in [1.807, 2.05) is 24.3 Å². The van der Waals surface area contributed by atoms with Crippen LogP contribution in [0.3, 0.4) is 0 Å². The van der Waals surface area contributed by atoms with Crippen molar-refractivity contribution >= 4 is 6.08 Å². The predicted octanol–water partition coefficient (Wildman–Crippen LogP) is 6.53. The van der Waals surface area contributed by atoms with Crippen LogP contribution in [-0.2, 0) is 12.8 Å². The Morgan fingerprint density at radius 2 is 1.58 bits per heavy atom. The molecule has 1 nitrogen and oxygen atoms in total. The van der Waals surface area contributed by atoms with Crippen LogP contribution in [0.4, 0.5) is 0 Å². The zero-order chi connectivity index (χ0) is 17.2. The lowest BCUT2D eigenvalue weighted by molar-refractivity contribution is 0.465. The van der Waals surface area contributed by atoms with Crippen LogP contribution in [0.1, 0.15) is 67.7 Å². The lowest BCUT2D eigenvalue weighted by Crippen LogP contribution is -2.00. The number of benzene rings is 2. The molecule has 0 spiro atoms. The van der Waals surface area contributed by atoms with Crippen molar-refractivity contribution in [2.75, 3.05) is 0 Å². The van der Waals surface area contributed by atoms with E-state index < -0.39 is 0 Å². The number of unbranched alkanes of at least 4 members (excludes halogenated alkanes) is 5. The minimum atomic E-state index is 0.431. The Hall–Kier alpha value is -2.02. The molecule has 2 rings (SSSR count). The zero-order valence-electron chi connectivity index (χ0n) is 14.9. The molecular weight excluding hydrogens is 292 g/mol. The summed E-state index contributed by atoms with van der Waals surface area (Å²) in [5.41, 5.74) is 4.74. The first-order valence-corrected chi connectivity index (χ1v) is 9.26. The van der Waals surface area contributed by atoms with Gasteiger partial charge in [-0.3, -0.25) is 0 Å². The van der Waals surface area contributed by atoms with Crippen molar-refractivity contribution in [2.24, 2.45) is 0 Å². The standard InChI is InChI=1S/C23H30O/c1-3-5-6-7-8-12-15-21-22(18-19-13-10-9-11-14-19)20(4-2)16-17-23(21)24/h4,9-11,13-14,16-17,24H,2-3,5-8,12,15,18H2,1H3. The zero-order valence-corrected chi connectivity index (χ0v) is 14.9. The quantitative estimate of drug-likeness (QED) is 0.493. The van der Waals surface area contributed by atoms with E-state index in [0.29, 0.717) is 5.75 Å². The van der Waals surface area contributed by atoms with E-state index in [1.165, 1.54) is 43.2 Å². The number of phenols is 1. The Morgan fingerprint density at radius 3 is 2.29 bits per heavy atom. The van der Waals surface area contributed by atoms with Crippen LogP contribution in [0.15, 0.2) is 49.0 Å². The molecule has 0 unspecified atom stereocenters.